The SMILES string of the molecule is CC1(C)CNC(=S)N(Cc2ccccc2)C1=O. The van der Waals surface area contributed by atoms with Crippen molar-refractivity contribution in [2.24, 2.45) is 5.41 Å². The van der Waals surface area contributed by atoms with Gasteiger partial charge >= 0.3 is 0 Å². The molecule has 1 amide bonds. The number of hydrogen-bond acceptors (Lipinski definition) is 2. The third kappa shape index (κ3) is 2.47. The maximum absolute atomic E-state index is 12.3. The minimum Gasteiger partial charge on any atom is -0.361 e. The fourth-order valence-electron chi connectivity index (χ4n) is 1.83. The van der Waals surface area contributed by atoms with Crippen LogP contribution in [-0.2, 0) is 11.3 Å². The normalized spacial score (nSPS) is 19.1. The lowest BCUT2D eigenvalue weighted by Gasteiger charge is -2.38. The van der Waals surface area contributed by atoms with Gasteiger partial charge in [0.1, 0.15) is 0 Å². The minimum absolute atomic E-state index is 0.0881. The maximum atomic E-state index is 12.3. The molecule has 17 heavy (non-hydrogen) atoms. The molecular formula is C13H16N2OS. The molecule has 1 aliphatic rings. The number of rotatable bonds is 2. The van der Waals surface area contributed by atoms with E-state index in [1.54, 1.807) is 4.90 Å². The minimum atomic E-state index is -0.392. The number of benzene rings is 1. The van der Waals surface area contributed by atoms with E-state index in [2.05, 4.69) is 5.32 Å². The number of carbonyl (C=O) groups excluding carboxylic acids is 1. The third-order valence-corrected chi connectivity index (χ3v) is 3.30. The van der Waals surface area contributed by atoms with Gasteiger partial charge in [0, 0.05) is 6.54 Å². The first kappa shape index (κ1) is 12.0. The summed E-state index contributed by atoms with van der Waals surface area (Å²) < 4.78 is 0. The van der Waals surface area contributed by atoms with Gasteiger partial charge in [-0.15, -0.1) is 0 Å². The molecule has 0 bridgehead atoms. The van der Waals surface area contributed by atoms with Crippen molar-refractivity contribution in [3.05, 3.63) is 35.9 Å². The van der Waals surface area contributed by atoms with Crippen LogP contribution in [0.5, 0.6) is 0 Å². The summed E-state index contributed by atoms with van der Waals surface area (Å²) in [5.74, 6) is 0.0881. The van der Waals surface area contributed by atoms with E-state index in [4.69, 9.17) is 12.2 Å². The van der Waals surface area contributed by atoms with Gasteiger partial charge in [0.2, 0.25) is 5.91 Å². The predicted molar refractivity (Wildman–Crippen MR) is 71.4 cm³/mol. The third-order valence-electron chi connectivity index (χ3n) is 2.93. The van der Waals surface area contributed by atoms with E-state index in [9.17, 15) is 4.79 Å². The lowest BCUT2D eigenvalue weighted by atomic mass is 9.90. The zero-order chi connectivity index (χ0) is 12.5. The second-order valence-electron chi connectivity index (χ2n) is 4.92. The average Bonchev–Trinajstić information content (AvgIpc) is 2.32. The van der Waals surface area contributed by atoms with Crippen molar-refractivity contribution in [2.75, 3.05) is 6.54 Å². The number of amides is 1. The molecular weight excluding hydrogens is 232 g/mol. The summed E-state index contributed by atoms with van der Waals surface area (Å²) in [7, 11) is 0. The molecule has 1 fully saturated rings. The van der Waals surface area contributed by atoms with E-state index in [0.717, 1.165) is 5.56 Å². The van der Waals surface area contributed by atoms with Crippen LogP contribution in [0.25, 0.3) is 0 Å². The van der Waals surface area contributed by atoms with Gasteiger partial charge in [0.25, 0.3) is 0 Å². The van der Waals surface area contributed by atoms with Crippen molar-refractivity contribution >= 4 is 23.2 Å². The lowest BCUT2D eigenvalue weighted by molar-refractivity contribution is -0.137. The molecule has 0 unspecified atom stereocenters. The van der Waals surface area contributed by atoms with E-state index in [1.807, 2.05) is 44.2 Å². The zero-order valence-corrected chi connectivity index (χ0v) is 10.9. The Labute approximate surface area is 107 Å². The van der Waals surface area contributed by atoms with Gasteiger partial charge < -0.3 is 5.32 Å². The molecule has 0 aliphatic carbocycles. The molecule has 1 aromatic rings. The second kappa shape index (κ2) is 4.45. The van der Waals surface area contributed by atoms with Crippen LogP contribution in [0, 0.1) is 5.41 Å². The van der Waals surface area contributed by atoms with Gasteiger partial charge in [-0.2, -0.15) is 0 Å². The first-order valence-electron chi connectivity index (χ1n) is 5.64. The Balaban J connectivity index is 2.19. The van der Waals surface area contributed by atoms with E-state index in [-0.39, 0.29) is 5.91 Å². The molecule has 0 atom stereocenters. The molecule has 1 saturated heterocycles. The summed E-state index contributed by atoms with van der Waals surface area (Å²) in [5, 5.41) is 3.64. The van der Waals surface area contributed by atoms with Crippen molar-refractivity contribution in [2.45, 2.75) is 20.4 Å². The van der Waals surface area contributed by atoms with Gasteiger partial charge in [-0.25, -0.2) is 0 Å². The van der Waals surface area contributed by atoms with Crippen LogP contribution in [0.3, 0.4) is 0 Å². The average molecular weight is 248 g/mol. The van der Waals surface area contributed by atoms with Gasteiger partial charge in [-0.3, -0.25) is 9.69 Å². The largest absolute Gasteiger partial charge is 0.361 e. The molecule has 1 N–H and O–H groups in total. The highest BCUT2D eigenvalue weighted by molar-refractivity contribution is 7.80. The summed E-state index contributed by atoms with van der Waals surface area (Å²) in [6, 6.07) is 9.88. The highest BCUT2D eigenvalue weighted by Crippen LogP contribution is 2.23. The molecule has 3 nitrogen and oxygen atoms in total. The quantitative estimate of drug-likeness (QED) is 0.812. The molecule has 0 radical (unpaired) electrons. The Morgan fingerprint density at radius 2 is 2.00 bits per heavy atom. The Morgan fingerprint density at radius 1 is 1.35 bits per heavy atom. The van der Waals surface area contributed by atoms with Crippen LogP contribution < -0.4 is 5.32 Å². The van der Waals surface area contributed by atoms with Gasteiger partial charge in [0.15, 0.2) is 5.11 Å². The number of hydrogen-bond donors (Lipinski definition) is 1. The molecule has 0 aromatic heterocycles. The lowest BCUT2D eigenvalue weighted by Crippen LogP contribution is -2.58. The number of nitrogens with zero attached hydrogens (tertiary/aromatic N) is 1. The Hall–Kier alpha value is -1.42. The number of nitrogens with one attached hydrogen (secondary N) is 1. The fraction of sp³-hybridized carbons (Fsp3) is 0.385. The maximum Gasteiger partial charge on any atom is 0.236 e. The summed E-state index contributed by atoms with van der Waals surface area (Å²) in [5.41, 5.74) is 0.694. The van der Waals surface area contributed by atoms with Crippen molar-refractivity contribution in [3.8, 4) is 0 Å². The van der Waals surface area contributed by atoms with Crippen LogP contribution in [-0.4, -0.2) is 22.5 Å². The Kier molecular flexibility index (Phi) is 3.15. The highest BCUT2D eigenvalue weighted by Gasteiger charge is 2.38. The smallest absolute Gasteiger partial charge is 0.236 e. The second-order valence-corrected chi connectivity index (χ2v) is 5.31. The molecule has 1 aliphatic heterocycles. The van der Waals surface area contributed by atoms with Crippen LogP contribution >= 0.6 is 12.2 Å². The standard InChI is InChI=1S/C13H16N2OS/c1-13(2)9-14-12(17)15(11(13)16)8-10-6-4-3-5-7-10/h3-7H,8-9H2,1-2H3,(H,14,17). The van der Waals surface area contributed by atoms with Crippen LogP contribution in [0.15, 0.2) is 30.3 Å². The zero-order valence-electron chi connectivity index (χ0n) is 10.1. The van der Waals surface area contributed by atoms with E-state index in [1.165, 1.54) is 0 Å². The molecule has 2 rings (SSSR count). The van der Waals surface area contributed by atoms with Crippen molar-refractivity contribution in [1.82, 2.24) is 10.2 Å². The Morgan fingerprint density at radius 3 is 2.65 bits per heavy atom. The molecule has 0 spiro atoms. The van der Waals surface area contributed by atoms with Crippen molar-refractivity contribution in [3.63, 3.8) is 0 Å². The van der Waals surface area contributed by atoms with Crippen molar-refractivity contribution < 1.29 is 4.79 Å². The van der Waals surface area contributed by atoms with Gasteiger partial charge in [0.05, 0.1) is 12.0 Å². The summed E-state index contributed by atoms with van der Waals surface area (Å²) in [6.45, 7) is 5.01. The Bertz CT molecular complexity index is 442. The molecule has 90 valence electrons. The first-order valence-corrected chi connectivity index (χ1v) is 6.05. The van der Waals surface area contributed by atoms with Gasteiger partial charge in [-0.05, 0) is 31.6 Å². The summed E-state index contributed by atoms with van der Waals surface area (Å²) in [4.78, 5) is 13.9. The molecule has 1 aromatic carbocycles. The summed E-state index contributed by atoms with van der Waals surface area (Å²) in [6.07, 6.45) is 0. The van der Waals surface area contributed by atoms with Crippen molar-refractivity contribution in [1.29, 1.82) is 0 Å². The first-order chi connectivity index (χ1) is 8.00. The van der Waals surface area contributed by atoms with Gasteiger partial charge in [-0.1, -0.05) is 30.3 Å². The number of thiocarbonyl (C=S) groups is 1. The monoisotopic (exact) mass is 248 g/mol. The molecule has 0 saturated carbocycles. The van der Waals surface area contributed by atoms with E-state index < -0.39 is 5.41 Å². The molecule has 1 heterocycles. The van der Waals surface area contributed by atoms with Crippen LogP contribution in [0.4, 0.5) is 0 Å². The fourth-order valence-corrected chi connectivity index (χ4v) is 2.05. The summed E-state index contributed by atoms with van der Waals surface area (Å²) >= 11 is 5.20. The molecule has 4 heteroatoms. The van der Waals surface area contributed by atoms with E-state index in [0.29, 0.717) is 18.2 Å². The van der Waals surface area contributed by atoms with Crippen LogP contribution in [0.2, 0.25) is 0 Å². The predicted octanol–water partition coefficient (Wildman–Crippen LogP) is 1.93. The number of carbonyl (C=O) groups is 1. The topological polar surface area (TPSA) is 32.3 Å². The van der Waals surface area contributed by atoms with E-state index >= 15 is 0 Å². The highest BCUT2D eigenvalue weighted by atomic mass is 32.1. The van der Waals surface area contributed by atoms with Crippen LogP contribution in [0.1, 0.15) is 19.4 Å².